The van der Waals surface area contributed by atoms with E-state index in [0.717, 1.165) is 11.4 Å². The Labute approximate surface area is 77.7 Å². The van der Waals surface area contributed by atoms with Crippen LogP contribution in [0.4, 0.5) is 11.4 Å². The maximum absolute atomic E-state index is 4.18. The molecule has 1 aromatic heterocycles. The first-order valence-corrected chi connectivity index (χ1v) is 4.34. The maximum atomic E-state index is 4.18. The lowest BCUT2D eigenvalue weighted by Gasteiger charge is -2.20. The van der Waals surface area contributed by atoms with Gasteiger partial charge < -0.3 is 10.9 Å². The largest absolute Gasteiger partial charge is 0.301 e. The Balaban J connectivity index is 2.54. The van der Waals surface area contributed by atoms with Gasteiger partial charge in [-0.05, 0) is 5.41 Å². The van der Waals surface area contributed by atoms with Crippen molar-refractivity contribution in [3.63, 3.8) is 0 Å². The molecule has 0 saturated carbocycles. The SMILES string of the molecule is CC(C)(C)c1cncc2c1NNN2. The van der Waals surface area contributed by atoms with E-state index in [0.29, 0.717) is 0 Å². The summed E-state index contributed by atoms with van der Waals surface area (Å²) in [7, 11) is 0. The van der Waals surface area contributed by atoms with Gasteiger partial charge in [-0.25, -0.2) is 0 Å². The van der Waals surface area contributed by atoms with E-state index >= 15 is 0 Å². The molecule has 0 fully saturated rings. The van der Waals surface area contributed by atoms with Crippen LogP contribution in [0.3, 0.4) is 0 Å². The van der Waals surface area contributed by atoms with Crippen LogP contribution in [-0.4, -0.2) is 4.98 Å². The zero-order valence-electron chi connectivity index (χ0n) is 8.10. The number of fused-ring (bicyclic) bond motifs is 1. The molecule has 0 saturated heterocycles. The smallest absolute Gasteiger partial charge is 0.0937 e. The summed E-state index contributed by atoms with van der Waals surface area (Å²) in [5.41, 5.74) is 12.4. The highest BCUT2D eigenvalue weighted by molar-refractivity contribution is 5.74. The van der Waals surface area contributed by atoms with Gasteiger partial charge >= 0.3 is 0 Å². The minimum Gasteiger partial charge on any atom is -0.301 e. The van der Waals surface area contributed by atoms with E-state index in [1.165, 1.54) is 5.56 Å². The van der Waals surface area contributed by atoms with E-state index in [1.54, 1.807) is 6.20 Å². The van der Waals surface area contributed by atoms with E-state index in [2.05, 4.69) is 42.1 Å². The minimum atomic E-state index is 0.110. The Kier molecular flexibility index (Phi) is 1.66. The summed E-state index contributed by atoms with van der Waals surface area (Å²) in [4.78, 5) is 4.18. The third-order valence-corrected chi connectivity index (χ3v) is 2.14. The highest BCUT2D eigenvalue weighted by atomic mass is 15.6. The maximum Gasteiger partial charge on any atom is 0.0937 e. The number of hydrazine groups is 2. The number of pyridine rings is 1. The van der Waals surface area contributed by atoms with Gasteiger partial charge in [0.1, 0.15) is 0 Å². The first-order valence-electron chi connectivity index (χ1n) is 4.34. The van der Waals surface area contributed by atoms with Crippen molar-refractivity contribution in [1.29, 1.82) is 0 Å². The average Bonchev–Trinajstić information content (AvgIpc) is 2.48. The fraction of sp³-hybridized carbons (Fsp3) is 0.444. The van der Waals surface area contributed by atoms with Gasteiger partial charge in [0.05, 0.1) is 17.6 Å². The summed E-state index contributed by atoms with van der Waals surface area (Å²) in [5.74, 6) is 0. The summed E-state index contributed by atoms with van der Waals surface area (Å²) >= 11 is 0. The van der Waals surface area contributed by atoms with Gasteiger partial charge in [-0.3, -0.25) is 4.98 Å². The molecule has 70 valence electrons. The van der Waals surface area contributed by atoms with Gasteiger partial charge in [-0.15, -0.1) is 5.53 Å². The number of nitrogens with zero attached hydrogens (tertiary/aromatic N) is 1. The molecule has 1 aliphatic heterocycles. The summed E-state index contributed by atoms with van der Waals surface area (Å²) in [6.07, 6.45) is 3.71. The predicted octanol–water partition coefficient (Wildman–Crippen LogP) is 1.64. The number of aromatic nitrogens is 1. The van der Waals surface area contributed by atoms with Crippen LogP contribution in [0.1, 0.15) is 26.3 Å². The highest BCUT2D eigenvalue weighted by Crippen LogP contribution is 2.34. The standard InChI is InChI=1S/C9H14N4/c1-9(2,3)6-4-10-5-7-8(6)12-13-11-7/h4-5,11-13H,1-3H3. The van der Waals surface area contributed by atoms with Crippen molar-refractivity contribution in [2.75, 3.05) is 10.9 Å². The Bertz CT molecular complexity index is 327. The van der Waals surface area contributed by atoms with E-state index in [-0.39, 0.29) is 5.41 Å². The Morgan fingerprint density at radius 3 is 2.62 bits per heavy atom. The van der Waals surface area contributed by atoms with Gasteiger partial charge in [-0.1, -0.05) is 20.8 Å². The Hall–Kier alpha value is -1.29. The molecule has 0 unspecified atom stereocenters. The van der Waals surface area contributed by atoms with Crippen LogP contribution >= 0.6 is 0 Å². The zero-order chi connectivity index (χ0) is 9.47. The predicted molar refractivity (Wildman–Crippen MR) is 53.3 cm³/mol. The lowest BCUT2D eigenvalue weighted by molar-refractivity contribution is 0.589. The molecular weight excluding hydrogens is 164 g/mol. The van der Waals surface area contributed by atoms with Crippen LogP contribution in [0.2, 0.25) is 0 Å². The molecular formula is C9H14N4. The van der Waals surface area contributed by atoms with Gasteiger partial charge in [0, 0.05) is 11.8 Å². The molecule has 0 radical (unpaired) electrons. The number of nitrogens with one attached hydrogen (secondary N) is 3. The topological polar surface area (TPSA) is 49.0 Å². The van der Waals surface area contributed by atoms with Crippen LogP contribution in [0, 0.1) is 0 Å². The van der Waals surface area contributed by atoms with Crippen molar-refractivity contribution in [2.24, 2.45) is 0 Å². The van der Waals surface area contributed by atoms with Crippen molar-refractivity contribution >= 4 is 11.4 Å². The third-order valence-electron chi connectivity index (χ3n) is 2.14. The number of hydrogen-bond donors (Lipinski definition) is 3. The van der Waals surface area contributed by atoms with Gasteiger partial charge in [0.25, 0.3) is 0 Å². The molecule has 0 spiro atoms. The van der Waals surface area contributed by atoms with Crippen LogP contribution in [0.15, 0.2) is 12.4 Å². The molecule has 2 heterocycles. The van der Waals surface area contributed by atoms with Crippen molar-refractivity contribution in [3.8, 4) is 0 Å². The van der Waals surface area contributed by atoms with E-state index in [1.807, 2.05) is 6.20 Å². The van der Waals surface area contributed by atoms with Gasteiger partial charge in [0.2, 0.25) is 0 Å². The molecule has 13 heavy (non-hydrogen) atoms. The molecule has 3 N–H and O–H groups in total. The minimum absolute atomic E-state index is 0.110. The molecule has 0 aromatic carbocycles. The monoisotopic (exact) mass is 178 g/mol. The summed E-state index contributed by atoms with van der Waals surface area (Å²) < 4.78 is 0. The first kappa shape index (κ1) is 8.31. The van der Waals surface area contributed by atoms with E-state index in [4.69, 9.17) is 0 Å². The molecule has 0 bridgehead atoms. The molecule has 2 rings (SSSR count). The van der Waals surface area contributed by atoms with Gasteiger partial charge in [-0.2, -0.15) is 0 Å². The molecule has 1 aliphatic rings. The van der Waals surface area contributed by atoms with E-state index < -0.39 is 0 Å². The lowest BCUT2D eigenvalue weighted by Crippen LogP contribution is -2.20. The quantitative estimate of drug-likeness (QED) is 0.565. The third kappa shape index (κ3) is 1.33. The van der Waals surface area contributed by atoms with E-state index in [9.17, 15) is 0 Å². The summed E-state index contributed by atoms with van der Waals surface area (Å²) in [6, 6.07) is 0. The van der Waals surface area contributed by atoms with Crippen molar-refractivity contribution in [1.82, 2.24) is 10.5 Å². The second-order valence-corrected chi connectivity index (χ2v) is 4.23. The van der Waals surface area contributed by atoms with Crippen LogP contribution < -0.4 is 16.4 Å². The lowest BCUT2D eigenvalue weighted by atomic mass is 9.87. The Morgan fingerprint density at radius 1 is 1.15 bits per heavy atom. The van der Waals surface area contributed by atoms with Gasteiger partial charge in [0.15, 0.2) is 0 Å². The number of hydrogen-bond acceptors (Lipinski definition) is 4. The molecule has 0 amide bonds. The fourth-order valence-electron chi connectivity index (χ4n) is 1.42. The van der Waals surface area contributed by atoms with Crippen LogP contribution in [0.25, 0.3) is 0 Å². The van der Waals surface area contributed by atoms with Crippen LogP contribution in [-0.2, 0) is 5.41 Å². The van der Waals surface area contributed by atoms with Crippen molar-refractivity contribution in [2.45, 2.75) is 26.2 Å². The molecule has 0 atom stereocenters. The second kappa shape index (κ2) is 2.60. The van der Waals surface area contributed by atoms with Crippen molar-refractivity contribution < 1.29 is 0 Å². The zero-order valence-corrected chi connectivity index (χ0v) is 8.10. The average molecular weight is 178 g/mol. The summed E-state index contributed by atoms with van der Waals surface area (Å²) in [5, 5.41) is 0. The van der Waals surface area contributed by atoms with Crippen LogP contribution in [0.5, 0.6) is 0 Å². The molecule has 0 aliphatic carbocycles. The summed E-state index contributed by atoms with van der Waals surface area (Å²) in [6.45, 7) is 6.51. The highest BCUT2D eigenvalue weighted by Gasteiger charge is 2.22. The molecule has 4 heteroatoms. The first-order chi connectivity index (χ1) is 6.09. The Morgan fingerprint density at radius 2 is 1.92 bits per heavy atom. The second-order valence-electron chi connectivity index (χ2n) is 4.23. The normalized spacial score (nSPS) is 14.7. The molecule has 1 aromatic rings. The number of rotatable bonds is 0. The molecule has 4 nitrogen and oxygen atoms in total. The fourth-order valence-corrected chi connectivity index (χ4v) is 1.42. The van der Waals surface area contributed by atoms with Crippen molar-refractivity contribution in [3.05, 3.63) is 18.0 Å². The number of anilines is 2.